The van der Waals surface area contributed by atoms with E-state index in [1.54, 1.807) is 18.3 Å². The summed E-state index contributed by atoms with van der Waals surface area (Å²) in [6, 6.07) is 23.1. The van der Waals surface area contributed by atoms with Crippen molar-refractivity contribution in [1.82, 2.24) is 10.2 Å². The number of rotatable bonds is 7. The zero-order valence-electron chi connectivity index (χ0n) is 16.1. The fourth-order valence-electron chi connectivity index (χ4n) is 3.02. The van der Waals surface area contributed by atoms with Gasteiger partial charge in [0.1, 0.15) is 22.9 Å². The molecule has 0 amide bonds. The Balaban J connectivity index is 1.45. The van der Waals surface area contributed by atoms with Gasteiger partial charge in [0.05, 0.1) is 12.8 Å². The van der Waals surface area contributed by atoms with Crippen LogP contribution in [0.1, 0.15) is 11.1 Å². The summed E-state index contributed by atoms with van der Waals surface area (Å²) < 4.78 is 11.7. The van der Waals surface area contributed by atoms with Crippen molar-refractivity contribution in [3.63, 3.8) is 0 Å². The van der Waals surface area contributed by atoms with Crippen LogP contribution in [-0.2, 0) is 6.42 Å². The zero-order valence-corrected chi connectivity index (χ0v) is 16.1. The van der Waals surface area contributed by atoms with Crippen molar-refractivity contribution in [3.05, 3.63) is 90.1 Å². The number of aryl methyl sites for hydroxylation is 1. The van der Waals surface area contributed by atoms with Crippen molar-refractivity contribution in [1.29, 1.82) is 0 Å². The highest BCUT2D eigenvalue weighted by molar-refractivity contribution is 5.73. The molecule has 2 N–H and O–H groups in total. The standard InChI is InChI=1S/C24H22N2O3/c1-17-7-9-19(10-8-17)29-23-16-25-26-24(23)21-12-11-20(15-22(21)27)28-14-13-18-5-3-2-4-6-18/h2-12,15-16,27H,13-14H2,1H3,(H,25,26). The van der Waals surface area contributed by atoms with Gasteiger partial charge in [-0.25, -0.2) is 0 Å². The van der Waals surface area contributed by atoms with E-state index in [4.69, 9.17) is 9.47 Å². The van der Waals surface area contributed by atoms with E-state index in [0.29, 0.717) is 35.1 Å². The third-order valence-corrected chi connectivity index (χ3v) is 4.59. The van der Waals surface area contributed by atoms with E-state index in [2.05, 4.69) is 22.3 Å². The average molecular weight is 386 g/mol. The van der Waals surface area contributed by atoms with Crippen molar-refractivity contribution in [2.24, 2.45) is 0 Å². The molecule has 0 aliphatic rings. The van der Waals surface area contributed by atoms with E-state index in [0.717, 1.165) is 12.0 Å². The number of hydrogen-bond donors (Lipinski definition) is 2. The zero-order chi connectivity index (χ0) is 20.1. The number of aromatic hydroxyl groups is 1. The van der Waals surface area contributed by atoms with Crippen LogP contribution in [0.2, 0.25) is 0 Å². The fourth-order valence-corrected chi connectivity index (χ4v) is 3.02. The number of phenols is 1. The van der Waals surface area contributed by atoms with Crippen LogP contribution in [0, 0.1) is 6.92 Å². The number of phenolic OH excluding ortho intramolecular Hbond substituents is 1. The second-order valence-corrected chi connectivity index (χ2v) is 6.79. The minimum Gasteiger partial charge on any atom is -0.507 e. The first-order chi connectivity index (χ1) is 14.2. The molecule has 4 rings (SSSR count). The minimum atomic E-state index is 0.0974. The molecule has 0 saturated heterocycles. The second-order valence-electron chi connectivity index (χ2n) is 6.79. The summed E-state index contributed by atoms with van der Waals surface area (Å²) in [5, 5.41) is 17.5. The molecule has 1 heterocycles. The van der Waals surface area contributed by atoms with Gasteiger partial charge in [0, 0.05) is 18.1 Å². The molecule has 0 radical (unpaired) electrons. The lowest BCUT2D eigenvalue weighted by molar-refractivity contribution is 0.320. The van der Waals surface area contributed by atoms with Crippen molar-refractivity contribution in [2.45, 2.75) is 13.3 Å². The molecular formula is C24H22N2O3. The molecule has 0 aliphatic carbocycles. The fraction of sp³-hybridized carbons (Fsp3) is 0.125. The molecule has 146 valence electrons. The predicted octanol–water partition coefficient (Wildman–Crippen LogP) is 5.50. The van der Waals surface area contributed by atoms with Crippen molar-refractivity contribution < 1.29 is 14.6 Å². The summed E-state index contributed by atoms with van der Waals surface area (Å²) in [6.45, 7) is 2.56. The van der Waals surface area contributed by atoms with Crippen LogP contribution in [0.3, 0.4) is 0 Å². The molecule has 0 unspecified atom stereocenters. The Morgan fingerprint density at radius 2 is 1.69 bits per heavy atom. The topological polar surface area (TPSA) is 67.4 Å². The van der Waals surface area contributed by atoms with Gasteiger partial charge in [-0.05, 0) is 36.8 Å². The molecule has 29 heavy (non-hydrogen) atoms. The summed E-state index contributed by atoms with van der Waals surface area (Å²) in [4.78, 5) is 0. The molecule has 0 aliphatic heterocycles. The van der Waals surface area contributed by atoms with Gasteiger partial charge in [-0.1, -0.05) is 48.0 Å². The van der Waals surface area contributed by atoms with Crippen molar-refractivity contribution >= 4 is 0 Å². The summed E-state index contributed by atoms with van der Waals surface area (Å²) in [6.07, 6.45) is 2.40. The first kappa shape index (κ1) is 18.6. The number of ether oxygens (including phenoxy) is 2. The Morgan fingerprint density at radius 3 is 2.45 bits per heavy atom. The highest BCUT2D eigenvalue weighted by Crippen LogP contribution is 2.37. The van der Waals surface area contributed by atoms with E-state index in [-0.39, 0.29) is 5.75 Å². The van der Waals surface area contributed by atoms with E-state index < -0.39 is 0 Å². The van der Waals surface area contributed by atoms with E-state index in [9.17, 15) is 5.11 Å². The second kappa shape index (κ2) is 8.52. The quantitative estimate of drug-likeness (QED) is 0.440. The van der Waals surface area contributed by atoms with E-state index >= 15 is 0 Å². The van der Waals surface area contributed by atoms with Crippen LogP contribution in [-0.4, -0.2) is 21.9 Å². The Kier molecular flexibility index (Phi) is 5.47. The Bertz CT molecular complexity index is 1070. The number of benzene rings is 3. The largest absolute Gasteiger partial charge is 0.507 e. The lowest BCUT2D eigenvalue weighted by Crippen LogP contribution is -2.01. The smallest absolute Gasteiger partial charge is 0.173 e. The van der Waals surface area contributed by atoms with Crippen LogP contribution < -0.4 is 9.47 Å². The molecule has 0 saturated carbocycles. The molecule has 0 atom stereocenters. The SMILES string of the molecule is Cc1ccc(Oc2cn[nH]c2-c2ccc(OCCc3ccccc3)cc2O)cc1. The Morgan fingerprint density at radius 1 is 0.931 bits per heavy atom. The van der Waals surface area contributed by atoms with Gasteiger partial charge in [-0.2, -0.15) is 5.10 Å². The Hall–Kier alpha value is -3.73. The molecule has 4 aromatic rings. The summed E-state index contributed by atoms with van der Waals surface area (Å²) >= 11 is 0. The molecule has 5 heteroatoms. The lowest BCUT2D eigenvalue weighted by Gasteiger charge is -2.10. The van der Waals surface area contributed by atoms with Gasteiger partial charge < -0.3 is 14.6 Å². The van der Waals surface area contributed by atoms with Crippen LogP contribution in [0.15, 0.2) is 79.0 Å². The maximum atomic E-state index is 10.5. The normalized spacial score (nSPS) is 10.7. The molecule has 0 fully saturated rings. The molecule has 1 aromatic heterocycles. The van der Waals surface area contributed by atoms with Gasteiger partial charge in [-0.15, -0.1) is 0 Å². The maximum absolute atomic E-state index is 10.5. The number of nitrogens with one attached hydrogen (secondary N) is 1. The van der Waals surface area contributed by atoms with Gasteiger partial charge >= 0.3 is 0 Å². The highest BCUT2D eigenvalue weighted by atomic mass is 16.5. The third-order valence-electron chi connectivity index (χ3n) is 4.59. The van der Waals surface area contributed by atoms with Gasteiger partial charge in [0.2, 0.25) is 0 Å². The summed E-state index contributed by atoms with van der Waals surface area (Å²) in [5.41, 5.74) is 3.58. The predicted molar refractivity (Wildman–Crippen MR) is 113 cm³/mol. The molecule has 5 nitrogen and oxygen atoms in total. The number of hydrogen-bond acceptors (Lipinski definition) is 4. The molecule has 0 bridgehead atoms. The lowest BCUT2D eigenvalue weighted by atomic mass is 10.1. The number of aromatic nitrogens is 2. The minimum absolute atomic E-state index is 0.0974. The van der Waals surface area contributed by atoms with Crippen molar-refractivity contribution in [3.8, 4) is 34.3 Å². The monoisotopic (exact) mass is 386 g/mol. The number of nitrogens with zero attached hydrogens (tertiary/aromatic N) is 1. The van der Waals surface area contributed by atoms with Gasteiger partial charge in [0.15, 0.2) is 5.75 Å². The first-order valence-electron chi connectivity index (χ1n) is 9.47. The third kappa shape index (κ3) is 4.58. The van der Waals surface area contributed by atoms with E-state index in [1.165, 1.54) is 5.56 Å². The number of H-pyrrole nitrogens is 1. The molecular weight excluding hydrogens is 364 g/mol. The summed E-state index contributed by atoms with van der Waals surface area (Å²) in [5.74, 6) is 1.96. The van der Waals surface area contributed by atoms with Crippen LogP contribution in [0.5, 0.6) is 23.0 Å². The number of aromatic amines is 1. The first-order valence-corrected chi connectivity index (χ1v) is 9.47. The maximum Gasteiger partial charge on any atom is 0.173 e. The molecule has 0 spiro atoms. The van der Waals surface area contributed by atoms with Crippen LogP contribution in [0.4, 0.5) is 0 Å². The average Bonchev–Trinajstić information content (AvgIpc) is 3.18. The Labute approximate surface area is 169 Å². The summed E-state index contributed by atoms with van der Waals surface area (Å²) in [7, 11) is 0. The molecule has 3 aromatic carbocycles. The van der Waals surface area contributed by atoms with Gasteiger partial charge in [-0.3, -0.25) is 5.10 Å². The van der Waals surface area contributed by atoms with Crippen molar-refractivity contribution in [2.75, 3.05) is 6.61 Å². The van der Waals surface area contributed by atoms with E-state index in [1.807, 2.05) is 55.5 Å². The highest BCUT2D eigenvalue weighted by Gasteiger charge is 2.14. The van der Waals surface area contributed by atoms with Gasteiger partial charge in [0.25, 0.3) is 0 Å². The van der Waals surface area contributed by atoms with Crippen LogP contribution >= 0.6 is 0 Å². The van der Waals surface area contributed by atoms with Crippen LogP contribution in [0.25, 0.3) is 11.3 Å².